The predicted molar refractivity (Wildman–Crippen MR) is 81.3 cm³/mol. The minimum Gasteiger partial charge on any atom is -0.416 e. The zero-order valence-corrected chi connectivity index (χ0v) is 14.0. The van der Waals surface area contributed by atoms with Crippen molar-refractivity contribution < 1.29 is 31.2 Å². The molecule has 0 spiro atoms. The highest BCUT2D eigenvalue weighted by atomic mass is 31.2. The standard InChI is InChI=1S/C16H15F4O3P/c1-16(2,3)24(21,22-10-4-6-12(17)14(19)8-10)23-11-5-7-13(18)15(20)9-11/h4-9H,1-3H3. The van der Waals surface area contributed by atoms with Crippen molar-refractivity contribution in [2.24, 2.45) is 0 Å². The summed E-state index contributed by atoms with van der Waals surface area (Å²) in [6, 6.07) is 5.26. The normalized spacial score (nSPS) is 12.1. The lowest BCUT2D eigenvalue weighted by Crippen LogP contribution is -2.22. The fraction of sp³-hybridized carbons (Fsp3) is 0.250. The van der Waals surface area contributed by atoms with Crippen LogP contribution in [0.5, 0.6) is 11.5 Å². The zero-order valence-electron chi connectivity index (χ0n) is 13.1. The second-order valence-corrected chi connectivity index (χ2v) is 8.70. The Morgan fingerprint density at radius 3 is 1.42 bits per heavy atom. The largest absolute Gasteiger partial charge is 0.435 e. The molecular formula is C16H15F4O3P. The number of hydrogen-bond acceptors (Lipinski definition) is 3. The Hall–Kier alpha value is -2.01. The number of hydrogen-bond donors (Lipinski definition) is 0. The van der Waals surface area contributed by atoms with Crippen LogP contribution in [0.25, 0.3) is 0 Å². The van der Waals surface area contributed by atoms with Crippen LogP contribution in [0, 0.1) is 23.3 Å². The summed E-state index contributed by atoms with van der Waals surface area (Å²) in [5.74, 6) is -4.96. The van der Waals surface area contributed by atoms with Gasteiger partial charge >= 0.3 is 7.60 Å². The molecule has 2 aromatic rings. The average Bonchev–Trinajstić information content (AvgIpc) is 2.46. The van der Waals surface area contributed by atoms with Gasteiger partial charge in [-0.3, -0.25) is 0 Å². The lowest BCUT2D eigenvalue weighted by Gasteiger charge is -2.30. The lowest BCUT2D eigenvalue weighted by molar-refractivity contribution is 0.353. The highest BCUT2D eigenvalue weighted by Crippen LogP contribution is 2.58. The van der Waals surface area contributed by atoms with E-state index in [1.807, 2.05) is 0 Å². The first-order valence-electron chi connectivity index (χ1n) is 6.91. The number of rotatable bonds is 4. The van der Waals surface area contributed by atoms with Crippen LogP contribution < -0.4 is 9.05 Å². The van der Waals surface area contributed by atoms with Gasteiger partial charge in [0.15, 0.2) is 23.3 Å². The maximum Gasteiger partial charge on any atom is 0.435 e. The monoisotopic (exact) mass is 362 g/mol. The Labute approximate surface area is 136 Å². The van der Waals surface area contributed by atoms with Crippen LogP contribution in [-0.2, 0) is 4.57 Å². The first-order chi connectivity index (χ1) is 11.0. The fourth-order valence-electron chi connectivity index (χ4n) is 1.64. The SMILES string of the molecule is CC(C)(C)P(=O)(Oc1ccc(F)c(F)c1)Oc1ccc(F)c(F)c1. The number of halogens is 4. The van der Waals surface area contributed by atoms with Gasteiger partial charge in [-0.2, -0.15) is 0 Å². The Bertz CT molecular complexity index is 745. The first-order valence-corrected chi connectivity index (χ1v) is 8.45. The van der Waals surface area contributed by atoms with Gasteiger partial charge in [0.25, 0.3) is 0 Å². The molecule has 0 N–H and O–H groups in total. The molecule has 3 nitrogen and oxygen atoms in total. The minimum atomic E-state index is -4.00. The van der Waals surface area contributed by atoms with Crippen molar-refractivity contribution in [3.63, 3.8) is 0 Å². The Kier molecular flexibility index (Phi) is 4.95. The molecule has 0 atom stereocenters. The smallest absolute Gasteiger partial charge is 0.416 e. The quantitative estimate of drug-likeness (QED) is 0.518. The second kappa shape index (κ2) is 6.48. The van der Waals surface area contributed by atoms with Crippen molar-refractivity contribution in [2.75, 3.05) is 0 Å². The van der Waals surface area contributed by atoms with Crippen molar-refractivity contribution in [3.05, 3.63) is 59.7 Å². The summed E-state index contributed by atoms with van der Waals surface area (Å²) in [6.45, 7) is 4.61. The van der Waals surface area contributed by atoms with E-state index >= 15 is 0 Å². The van der Waals surface area contributed by atoms with E-state index in [2.05, 4.69) is 0 Å². The van der Waals surface area contributed by atoms with Crippen LogP contribution in [0.3, 0.4) is 0 Å². The molecule has 24 heavy (non-hydrogen) atoms. The van der Waals surface area contributed by atoms with E-state index in [9.17, 15) is 22.1 Å². The summed E-state index contributed by atoms with van der Waals surface area (Å²) in [6.07, 6.45) is 0. The first kappa shape index (κ1) is 18.3. The maximum absolute atomic E-state index is 13.3. The minimum absolute atomic E-state index is 0.213. The molecule has 0 radical (unpaired) electrons. The lowest BCUT2D eigenvalue weighted by atomic mass is 10.3. The number of benzene rings is 2. The van der Waals surface area contributed by atoms with Crippen molar-refractivity contribution in [3.8, 4) is 11.5 Å². The molecule has 2 aromatic carbocycles. The predicted octanol–water partition coefficient (Wildman–Crippen LogP) is 5.69. The molecule has 0 amide bonds. The van der Waals surface area contributed by atoms with E-state index in [0.717, 1.165) is 36.4 Å². The van der Waals surface area contributed by atoms with E-state index in [0.29, 0.717) is 0 Å². The van der Waals surface area contributed by atoms with E-state index < -0.39 is 36.0 Å². The molecular weight excluding hydrogens is 347 g/mol. The van der Waals surface area contributed by atoms with Crippen LogP contribution >= 0.6 is 7.60 Å². The van der Waals surface area contributed by atoms with Crippen LogP contribution in [0.15, 0.2) is 36.4 Å². The molecule has 0 aliphatic rings. The highest BCUT2D eigenvalue weighted by molar-refractivity contribution is 7.56. The van der Waals surface area contributed by atoms with E-state index in [-0.39, 0.29) is 11.5 Å². The van der Waals surface area contributed by atoms with E-state index in [4.69, 9.17) is 9.05 Å². The Morgan fingerprint density at radius 2 is 1.12 bits per heavy atom. The van der Waals surface area contributed by atoms with Crippen molar-refractivity contribution in [2.45, 2.75) is 25.9 Å². The molecule has 8 heteroatoms. The van der Waals surface area contributed by atoms with Gasteiger partial charge in [0.1, 0.15) is 11.5 Å². The molecule has 0 fully saturated rings. The maximum atomic E-state index is 13.3. The zero-order chi connectivity index (χ0) is 18.1. The fourth-order valence-corrected chi connectivity index (χ4v) is 3.00. The van der Waals surface area contributed by atoms with Crippen LogP contribution in [0.1, 0.15) is 20.8 Å². The molecule has 0 bridgehead atoms. The van der Waals surface area contributed by atoms with Gasteiger partial charge in [-0.25, -0.2) is 22.1 Å². The summed E-state index contributed by atoms with van der Waals surface area (Å²) in [4.78, 5) is 0. The Balaban J connectivity index is 2.37. The van der Waals surface area contributed by atoms with Gasteiger partial charge in [-0.05, 0) is 45.0 Å². The molecule has 0 aromatic heterocycles. The van der Waals surface area contributed by atoms with Crippen molar-refractivity contribution in [1.29, 1.82) is 0 Å². The van der Waals surface area contributed by atoms with Gasteiger partial charge in [0.05, 0.1) is 5.16 Å². The van der Waals surface area contributed by atoms with E-state index in [1.54, 1.807) is 0 Å². The van der Waals surface area contributed by atoms with Gasteiger partial charge < -0.3 is 9.05 Å². The summed E-state index contributed by atoms with van der Waals surface area (Å²) >= 11 is 0. The molecule has 0 aliphatic carbocycles. The summed E-state index contributed by atoms with van der Waals surface area (Å²) in [5, 5.41) is -1.08. The van der Waals surface area contributed by atoms with Gasteiger partial charge in [0, 0.05) is 12.1 Å². The Morgan fingerprint density at radius 1 is 0.750 bits per heavy atom. The van der Waals surface area contributed by atoms with E-state index in [1.165, 1.54) is 20.8 Å². The molecule has 130 valence electrons. The molecule has 0 aliphatic heterocycles. The third-order valence-electron chi connectivity index (χ3n) is 3.05. The van der Waals surface area contributed by atoms with Gasteiger partial charge in [-0.1, -0.05) is 0 Å². The summed E-state index contributed by atoms with van der Waals surface area (Å²) < 4.78 is 76.2. The van der Waals surface area contributed by atoms with Crippen LogP contribution in [0.4, 0.5) is 17.6 Å². The molecule has 0 saturated carbocycles. The summed E-state index contributed by atoms with van der Waals surface area (Å²) in [5.41, 5.74) is 0. The summed E-state index contributed by atoms with van der Waals surface area (Å²) in [7, 11) is -4.00. The second-order valence-electron chi connectivity index (χ2n) is 6.00. The van der Waals surface area contributed by atoms with Crippen molar-refractivity contribution >= 4 is 7.60 Å². The average molecular weight is 362 g/mol. The highest BCUT2D eigenvalue weighted by Gasteiger charge is 2.43. The van der Waals surface area contributed by atoms with Crippen molar-refractivity contribution in [1.82, 2.24) is 0 Å². The van der Waals surface area contributed by atoms with Crippen LogP contribution in [0.2, 0.25) is 0 Å². The van der Waals surface area contributed by atoms with Gasteiger partial charge in [0.2, 0.25) is 0 Å². The van der Waals surface area contributed by atoms with Crippen LogP contribution in [-0.4, -0.2) is 5.16 Å². The molecule has 0 heterocycles. The molecule has 0 saturated heterocycles. The topological polar surface area (TPSA) is 35.5 Å². The van der Waals surface area contributed by atoms with Gasteiger partial charge in [-0.15, -0.1) is 0 Å². The molecule has 0 unspecified atom stereocenters. The third-order valence-corrected chi connectivity index (χ3v) is 5.60. The molecule has 2 rings (SSSR count). The third kappa shape index (κ3) is 3.90.